The molecule has 0 amide bonds. The van der Waals surface area contributed by atoms with Crippen LogP contribution in [-0.4, -0.2) is 19.1 Å². The monoisotopic (exact) mass is 270 g/mol. The van der Waals surface area contributed by atoms with E-state index in [1.165, 1.54) is 37.8 Å². The molecular formula is C18H26N2. The summed E-state index contributed by atoms with van der Waals surface area (Å²) in [7, 11) is 0. The van der Waals surface area contributed by atoms with Gasteiger partial charge in [-0.05, 0) is 67.9 Å². The molecule has 4 aliphatic rings. The summed E-state index contributed by atoms with van der Waals surface area (Å²) in [5, 5.41) is 0. The van der Waals surface area contributed by atoms with E-state index in [-0.39, 0.29) is 0 Å². The van der Waals surface area contributed by atoms with Crippen LogP contribution < -0.4 is 10.6 Å². The summed E-state index contributed by atoms with van der Waals surface area (Å²) >= 11 is 0. The van der Waals surface area contributed by atoms with Crippen molar-refractivity contribution in [2.24, 2.45) is 29.4 Å². The molecule has 0 heterocycles. The van der Waals surface area contributed by atoms with Gasteiger partial charge in [0.15, 0.2) is 0 Å². The average molecular weight is 270 g/mol. The highest BCUT2D eigenvalue weighted by atomic mass is 15.2. The Balaban J connectivity index is 1.63. The molecule has 4 bridgehead atoms. The number of hydrogen-bond acceptors (Lipinski definition) is 2. The third kappa shape index (κ3) is 2.05. The van der Waals surface area contributed by atoms with E-state index >= 15 is 0 Å². The molecule has 4 fully saturated rings. The summed E-state index contributed by atoms with van der Waals surface area (Å²) in [5.74, 6) is 3.95. The molecule has 0 saturated heterocycles. The second kappa shape index (κ2) is 5.07. The van der Waals surface area contributed by atoms with E-state index in [4.69, 9.17) is 5.73 Å². The molecule has 2 nitrogen and oxygen atoms in total. The number of anilines is 1. The highest BCUT2D eigenvalue weighted by molar-refractivity contribution is 5.48. The van der Waals surface area contributed by atoms with Crippen molar-refractivity contribution in [1.82, 2.24) is 0 Å². The molecule has 0 atom stereocenters. The molecule has 4 saturated carbocycles. The second-order valence-corrected chi connectivity index (χ2v) is 7.24. The zero-order valence-corrected chi connectivity index (χ0v) is 12.2. The Morgan fingerprint density at radius 2 is 1.50 bits per heavy atom. The van der Waals surface area contributed by atoms with E-state index in [9.17, 15) is 0 Å². The van der Waals surface area contributed by atoms with Gasteiger partial charge in [0, 0.05) is 24.8 Å². The Morgan fingerprint density at radius 3 is 2.05 bits per heavy atom. The lowest BCUT2D eigenvalue weighted by molar-refractivity contribution is -0.00267. The highest BCUT2D eigenvalue weighted by Crippen LogP contribution is 2.55. The summed E-state index contributed by atoms with van der Waals surface area (Å²) in [6.07, 6.45) is 7.44. The standard InChI is InChI=1S/C18H26N2/c19-6-7-20(17-4-2-1-3-5-17)18-15-9-13-8-14(11-15)12-16(18)10-13/h1-5,13-16,18H,6-12,19H2. The van der Waals surface area contributed by atoms with Gasteiger partial charge >= 0.3 is 0 Å². The third-order valence-corrected chi connectivity index (χ3v) is 5.99. The van der Waals surface area contributed by atoms with Gasteiger partial charge in [-0.15, -0.1) is 0 Å². The molecule has 5 rings (SSSR count). The Bertz CT molecular complexity index is 428. The fraction of sp³-hybridized carbons (Fsp3) is 0.667. The van der Waals surface area contributed by atoms with Gasteiger partial charge in [-0.2, -0.15) is 0 Å². The fourth-order valence-corrected chi connectivity index (χ4v) is 5.61. The van der Waals surface area contributed by atoms with Crippen LogP contribution in [0.2, 0.25) is 0 Å². The smallest absolute Gasteiger partial charge is 0.0369 e. The summed E-state index contributed by atoms with van der Waals surface area (Å²) in [5.41, 5.74) is 7.30. The molecule has 1 aromatic rings. The molecule has 0 spiro atoms. The van der Waals surface area contributed by atoms with Crippen LogP contribution in [0, 0.1) is 23.7 Å². The number of benzene rings is 1. The van der Waals surface area contributed by atoms with Crippen LogP contribution in [0.1, 0.15) is 32.1 Å². The number of nitrogens with two attached hydrogens (primary N) is 1. The van der Waals surface area contributed by atoms with E-state index in [1.54, 1.807) is 0 Å². The van der Waals surface area contributed by atoms with Crippen LogP contribution in [0.3, 0.4) is 0 Å². The maximum atomic E-state index is 5.92. The van der Waals surface area contributed by atoms with E-state index in [0.717, 1.165) is 42.8 Å². The molecule has 2 N–H and O–H groups in total. The lowest BCUT2D eigenvalue weighted by Crippen LogP contribution is -2.57. The van der Waals surface area contributed by atoms with Crippen molar-refractivity contribution in [2.75, 3.05) is 18.0 Å². The predicted octanol–water partition coefficient (Wildman–Crippen LogP) is 3.28. The quantitative estimate of drug-likeness (QED) is 0.910. The van der Waals surface area contributed by atoms with E-state index in [2.05, 4.69) is 35.2 Å². The molecular weight excluding hydrogens is 244 g/mol. The molecule has 2 heteroatoms. The van der Waals surface area contributed by atoms with Crippen molar-refractivity contribution in [3.05, 3.63) is 30.3 Å². The minimum Gasteiger partial charge on any atom is -0.367 e. The zero-order valence-electron chi connectivity index (χ0n) is 12.2. The SMILES string of the molecule is NCCN(c1ccccc1)C1C2CC3CC(C2)CC1C3. The van der Waals surface area contributed by atoms with Crippen LogP contribution >= 0.6 is 0 Å². The maximum Gasteiger partial charge on any atom is 0.0369 e. The molecule has 20 heavy (non-hydrogen) atoms. The summed E-state index contributed by atoms with van der Waals surface area (Å²) in [6, 6.07) is 11.7. The van der Waals surface area contributed by atoms with Gasteiger partial charge in [0.05, 0.1) is 0 Å². The molecule has 0 aliphatic heterocycles. The number of hydrogen-bond donors (Lipinski definition) is 1. The first-order valence-corrected chi connectivity index (χ1v) is 8.37. The first-order valence-electron chi connectivity index (χ1n) is 8.37. The van der Waals surface area contributed by atoms with Crippen molar-refractivity contribution in [1.29, 1.82) is 0 Å². The molecule has 0 unspecified atom stereocenters. The predicted molar refractivity (Wildman–Crippen MR) is 83.7 cm³/mol. The van der Waals surface area contributed by atoms with Gasteiger partial charge < -0.3 is 10.6 Å². The minimum absolute atomic E-state index is 0.758. The van der Waals surface area contributed by atoms with Crippen molar-refractivity contribution in [3.63, 3.8) is 0 Å². The van der Waals surface area contributed by atoms with Crippen molar-refractivity contribution in [3.8, 4) is 0 Å². The Kier molecular flexibility index (Phi) is 3.22. The summed E-state index contributed by atoms with van der Waals surface area (Å²) in [6.45, 7) is 1.77. The van der Waals surface area contributed by atoms with Gasteiger partial charge in [0.25, 0.3) is 0 Å². The maximum absolute atomic E-state index is 5.92. The number of nitrogens with zero attached hydrogens (tertiary/aromatic N) is 1. The fourth-order valence-electron chi connectivity index (χ4n) is 5.61. The Labute approximate surface area is 122 Å². The van der Waals surface area contributed by atoms with Gasteiger partial charge in [-0.25, -0.2) is 0 Å². The lowest BCUT2D eigenvalue weighted by Gasteiger charge is -2.57. The Morgan fingerprint density at radius 1 is 0.900 bits per heavy atom. The second-order valence-electron chi connectivity index (χ2n) is 7.24. The van der Waals surface area contributed by atoms with Gasteiger partial charge in [0.1, 0.15) is 0 Å². The van der Waals surface area contributed by atoms with Crippen molar-refractivity contribution < 1.29 is 0 Å². The summed E-state index contributed by atoms with van der Waals surface area (Å²) < 4.78 is 0. The first-order chi connectivity index (χ1) is 9.85. The number of rotatable bonds is 4. The molecule has 4 aliphatic carbocycles. The van der Waals surface area contributed by atoms with Crippen LogP contribution in [0.15, 0.2) is 30.3 Å². The minimum atomic E-state index is 0.758. The van der Waals surface area contributed by atoms with Crippen LogP contribution in [0.25, 0.3) is 0 Å². The van der Waals surface area contributed by atoms with Gasteiger partial charge in [-0.3, -0.25) is 0 Å². The topological polar surface area (TPSA) is 29.3 Å². The first kappa shape index (κ1) is 12.7. The van der Waals surface area contributed by atoms with E-state index in [0.29, 0.717) is 0 Å². The van der Waals surface area contributed by atoms with Gasteiger partial charge in [0.2, 0.25) is 0 Å². The molecule has 0 radical (unpaired) electrons. The Hall–Kier alpha value is -1.02. The van der Waals surface area contributed by atoms with Crippen LogP contribution in [-0.2, 0) is 0 Å². The zero-order chi connectivity index (χ0) is 13.5. The number of para-hydroxylation sites is 1. The van der Waals surface area contributed by atoms with E-state index in [1.807, 2.05) is 0 Å². The average Bonchev–Trinajstić information content (AvgIpc) is 2.46. The largest absolute Gasteiger partial charge is 0.367 e. The van der Waals surface area contributed by atoms with Crippen molar-refractivity contribution in [2.45, 2.75) is 38.1 Å². The third-order valence-electron chi connectivity index (χ3n) is 5.99. The highest BCUT2D eigenvalue weighted by Gasteiger charge is 2.49. The normalized spacial score (nSPS) is 38.1. The van der Waals surface area contributed by atoms with Crippen molar-refractivity contribution >= 4 is 5.69 Å². The van der Waals surface area contributed by atoms with Crippen LogP contribution in [0.5, 0.6) is 0 Å². The molecule has 0 aromatic heterocycles. The van der Waals surface area contributed by atoms with Crippen LogP contribution in [0.4, 0.5) is 5.69 Å². The molecule has 108 valence electrons. The lowest BCUT2D eigenvalue weighted by atomic mass is 9.54. The molecule has 1 aromatic carbocycles. The summed E-state index contributed by atoms with van der Waals surface area (Å²) in [4.78, 5) is 2.65. The van der Waals surface area contributed by atoms with Gasteiger partial charge in [-0.1, -0.05) is 18.2 Å². The van der Waals surface area contributed by atoms with E-state index < -0.39 is 0 Å².